The molecule has 0 spiro atoms. The van der Waals surface area contributed by atoms with Crippen molar-refractivity contribution in [1.82, 2.24) is 4.57 Å². The SMILES string of the molecule is CC(=CC(=O)O)Cn1c(C)cc2ccccc21. The molecule has 0 aliphatic carbocycles. The van der Waals surface area contributed by atoms with E-state index in [0.717, 1.165) is 16.8 Å². The number of benzene rings is 1. The van der Waals surface area contributed by atoms with E-state index >= 15 is 0 Å². The van der Waals surface area contributed by atoms with Crippen LogP contribution in [0.15, 0.2) is 42.0 Å². The molecular formula is C14H15NO2. The Morgan fingerprint density at radius 1 is 1.41 bits per heavy atom. The van der Waals surface area contributed by atoms with Gasteiger partial charge in [0.25, 0.3) is 0 Å². The fraction of sp³-hybridized carbons (Fsp3) is 0.214. The van der Waals surface area contributed by atoms with Gasteiger partial charge in [0.05, 0.1) is 0 Å². The Labute approximate surface area is 100.0 Å². The van der Waals surface area contributed by atoms with Crippen molar-refractivity contribution in [2.24, 2.45) is 0 Å². The first-order valence-corrected chi connectivity index (χ1v) is 5.53. The van der Waals surface area contributed by atoms with Crippen LogP contribution in [-0.2, 0) is 11.3 Å². The summed E-state index contributed by atoms with van der Waals surface area (Å²) in [4.78, 5) is 10.6. The van der Waals surface area contributed by atoms with E-state index in [4.69, 9.17) is 5.11 Å². The van der Waals surface area contributed by atoms with Crippen molar-refractivity contribution in [2.75, 3.05) is 0 Å². The van der Waals surface area contributed by atoms with E-state index in [-0.39, 0.29) is 0 Å². The van der Waals surface area contributed by atoms with Crippen molar-refractivity contribution >= 4 is 16.9 Å². The summed E-state index contributed by atoms with van der Waals surface area (Å²) in [7, 11) is 0. The van der Waals surface area contributed by atoms with Crippen molar-refractivity contribution in [3.05, 3.63) is 47.7 Å². The van der Waals surface area contributed by atoms with Gasteiger partial charge in [-0.25, -0.2) is 4.79 Å². The highest BCUT2D eigenvalue weighted by atomic mass is 16.4. The summed E-state index contributed by atoms with van der Waals surface area (Å²) in [6, 6.07) is 10.2. The third-order valence-corrected chi connectivity index (χ3v) is 2.80. The summed E-state index contributed by atoms with van der Waals surface area (Å²) in [5.74, 6) is -0.892. The normalized spacial score (nSPS) is 12.0. The van der Waals surface area contributed by atoms with Gasteiger partial charge in [-0.2, -0.15) is 0 Å². The van der Waals surface area contributed by atoms with Gasteiger partial charge in [-0.3, -0.25) is 0 Å². The number of rotatable bonds is 3. The molecular weight excluding hydrogens is 214 g/mol. The summed E-state index contributed by atoms with van der Waals surface area (Å²) in [5.41, 5.74) is 3.12. The molecule has 17 heavy (non-hydrogen) atoms. The molecule has 88 valence electrons. The van der Waals surface area contributed by atoms with Crippen molar-refractivity contribution in [3.63, 3.8) is 0 Å². The molecule has 0 saturated carbocycles. The minimum absolute atomic E-state index is 0.617. The van der Waals surface area contributed by atoms with E-state index in [1.165, 1.54) is 11.5 Å². The monoisotopic (exact) mass is 229 g/mol. The second-order valence-corrected chi connectivity index (χ2v) is 4.26. The molecule has 0 atom stereocenters. The molecule has 0 aliphatic heterocycles. The van der Waals surface area contributed by atoms with Crippen LogP contribution in [0, 0.1) is 6.92 Å². The molecule has 0 saturated heterocycles. The predicted octanol–water partition coefficient (Wildman–Crippen LogP) is 2.98. The maximum atomic E-state index is 10.6. The molecule has 0 unspecified atom stereocenters. The molecule has 3 nitrogen and oxygen atoms in total. The maximum Gasteiger partial charge on any atom is 0.328 e. The number of fused-ring (bicyclic) bond motifs is 1. The number of para-hydroxylation sites is 1. The zero-order valence-corrected chi connectivity index (χ0v) is 9.97. The second kappa shape index (κ2) is 4.45. The van der Waals surface area contributed by atoms with Gasteiger partial charge in [-0.05, 0) is 36.9 Å². The molecule has 1 heterocycles. The average molecular weight is 229 g/mol. The highest BCUT2D eigenvalue weighted by Crippen LogP contribution is 2.20. The van der Waals surface area contributed by atoms with Gasteiger partial charge in [0.2, 0.25) is 0 Å². The van der Waals surface area contributed by atoms with Crippen molar-refractivity contribution in [1.29, 1.82) is 0 Å². The number of carboxylic acids is 1. The van der Waals surface area contributed by atoms with Crippen LogP contribution in [0.3, 0.4) is 0 Å². The van der Waals surface area contributed by atoms with Crippen LogP contribution in [0.2, 0.25) is 0 Å². The van der Waals surface area contributed by atoms with Gasteiger partial charge in [0, 0.05) is 23.8 Å². The highest BCUT2D eigenvalue weighted by molar-refractivity contribution is 5.82. The molecule has 0 bridgehead atoms. The number of aryl methyl sites for hydroxylation is 1. The Balaban J connectivity index is 2.42. The van der Waals surface area contributed by atoms with E-state index in [1.807, 2.05) is 26.0 Å². The fourth-order valence-electron chi connectivity index (χ4n) is 2.06. The number of carbonyl (C=O) groups is 1. The Kier molecular flexibility index (Phi) is 3.00. The lowest BCUT2D eigenvalue weighted by Crippen LogP contribution is -2.02. The van der Waals surface area contributed by atoms with Crippen LogP contribution in [0.1, 0.15) is 12.6 Å². The van der Waals surface area contributed by atoms with Gasteiger partial charge in [-0.15, -0.1) is 0 Å². The highest BCUT2D eigenvalue weighted by Gasteiger charge is 2.05. The van der Waals surface area contributed by atoms with Crippen LogP contribution in [0.5, 0.6) is 0 Å². The Bertz CT molecular complexity index is 593. The standard InChI is InChI=1S/C14H15NO2/c1-10(7-14(16)17)9-15-11(2)8-12-5-3-4-6-13(12)15/h3-8H,9H2,1-2H3,(H,16,17). The molecule has 1 aromatic carbocycles. The van der Waals surface area contributed by atoms with Crippen LogP contribution in [0.25, 0.3) is 10.9 Å². The third kappa shape index (κ3) is 2.38. The first-order valence-electron chi connectivity index (χ1n) is 5.53. The molecule has 3 heteroatoms. The summed E-state index contributed by atoms with van der Waals surface area (Å²) < 4.78 is 2.13. The van der Waals surface area contributed by atoms with E-state index in [2.05, 4.69) is 22.8 Å². The van der Waals surface area contributed by atoms with Gasteiger partial charge < -0.3 is 9.67 Å². The smallest absolute Gasteiger partial charge is 0.328 e. The summed E-state index contributed by atoms with van der Waals surface area (Å²) in [6.45, 7) is 4.49. The maximum absolute atomic E-state index is 10.6. The van der Waals surface area contributed by atoms with Crippen molar-refractivity contribution < 1.29 is 9.90 Å². The Morgan fingerprint density at radius 3 is 2.82 bits per heavy atom. The van der Waals surface area contributed by atoms with E-state index in [0.29, 0.717) is 6.54 Å². The number of hydrogen-bond acceptors (Lipinski definition) is 1. The van der Waals surface area contributed by atoms with Gasteiger partial charge >= 0.3 is 5.97 Å². The van der Waals surface area contributed by atoms with Crippen LogP contribution in [-0.4, -0.2) is 15.6 Å². The lowest BCUT2D eigenvalue weighted by molar-refractivity contribution is -0.131. The largest absolute Gasteiger partial charge is 0.478 e. The Morgan fingerprint density at radius 2 is 2.12 bits per heavy atom. The fourth-order valence-corrected chi connectivity index (χ4v) is 2.06. The topological polar surface area (TPSA) is 42.2 Å². The van der Waals surface area contributed by atoms with E-state index in [1.54, 1.807) is 0 Å². The first-order chi connectivity index (χ1) is 8.08. The second-order valence-electron chi connectivity index (χ2n) is 4.26. The number of hydrogen-bond donors (Lipinski definition) is 1. The van der Waals surface area contributed by atoms with Crippen LogP contribution < -0.4 is 0 Å². The van der Waals surface area contributed by atoms with Gasteiger partial charge in [0.1, 0.15) is 0 Å². The number of aromatic nitrogens is 1. The molecule has 2 aromatic rings. The number of aliphatic carboxylic acids is 1. The molecule has 2 rings (SSSR count). The lowest BCUT2D eigenvalue weighted by Gasteiger charge is -2.08. The number of carboxylic acid groups (broad SMARTS) is 1. The number of allylic oxidation sites excluding steroid dienone is 1. The van der Waals surface area contributed by atoms with Crippen molar-refractivity contribution in [3.8, 4) is 0 Å². The molecule has 0 fully saturated rings. The van der Waals surface area contributed by atoms with Crippen LogP contribution in [0.4, 0.5) is 0 Å². The zero-order chi connectivity index (χ0) is 12.4. The quantitative estimate of drug-likeness (QED) is 0.822. The first kappa shape index (κ1) is 11.5. The van der Waals surface area contributed by atoms with Gasteiger partial charge in [-0.1, -0.05) is 18.2 Å². The summed E-state index contributed by atoms with van der Waals surface area (Å²) >= 11 is 0. The Hall–Kier alpha value is -2.03. The molecule has 1 N–H and O–H groups in total. The van der Waals surface area contributed by atoms with E-state index < -0.39 is 5.97 Å². The molecule has 0 radical (unpaired) electrons. The molecule has 1 aromatic heterocycles. The minimum atomic E-state index is -0.892. The molecule has 0 amide bonds. The predicted molar refractivity (Wildman–Crippen MR) is 68.1 cm³/mol. The lowest BCUT2D eigenvalue weighted by atomic mass is 10.2. The number of nitrogens with zero attached hydrogens (tertiary/aromatic N) is 1. The third-order valence-electron chi connectivity index (χ3n) is 2.80. The molecule has 0 aliphatic rings. The van der Waals surface area contributed by atoms with Crippen molar-refractivity contribution in [2.45, 2.75) is 20.4 Å². The van der Waals surface area contributed by atoms with Crippen LogP contribution >= 0.6 is 0 Å². The van der Waals surface area contributed by atoms with E-state index in [9.17, 15) is 4.79 Å². The average Bonchev–Trinajstić information content (AvgIpc) is 2.55. The minimum Gasteiger partial charge on any atom is -0.478 e. The van der Waals surface area contributed by atoms with Gasteiger partial charge in [0.15, 0.2) is 0 Å². The zero-order valence-electron chi connectivity index (χ0n) is 9.97. The summed E-state index contributed by atoms with van der Waals surface area (Å²) in [5, 5.41) is 9.90. The summed E-state index contributed by atoms with van der Waals surface area (Å²) in [6.07, 6.45) is 1.26.